The molecule has 4 heterocycles. The van der Waals surface area contributed by atoms with E-state index in [4.69, 9.17) is 14.2 Å². The zero-order valence-corrected chi connectivity index (χ0v) is 19.2. The lowest BCUT2D eigenvalue weighted by Crippen LogP contribution is -2.34. The van der Waals surface area contributed by atoms with E-state index < -0.39 is 0 Å². The molecule has 0 radical (unpaired) electrons. The van der Waals surface area contributed by atoms with E-state index in [1.807, 2.05) is 22.9 Å². The molecule has 2 fully saturated rings. The number of pyridine rings is 1. The van der Waals surface area contributed by atoms with Crippen molar-refractivity contribution in [2.75, 3.05) is 19.9 Å². The van der Waals surface area contributed by atoms with Crippen LogP contribution in [0.4, 0.5) is 0 Å². The highest BCUT2D eigenvalue weighted by molar-refractivity contribution is 5.83. The Morgan fingerprint density at radius 1 is 1.03 bits per heavy atom. The van der Waals surface area contributed by atoms with Crippen molar-refractivity contribution < 1.29 is 14.2 Å². The molecule has 180 valence electrons. The van der Waals surface area contributed by atoms with Gasteiger partial charge in [-0.3, -0.25) is 9.69 Å². The molecular weight excluding hydrogens is 436 g/mol. The molecule has 3 aromatic rings. The van der Waals surface area contributed by atoms with Crippen molar-refractivity contribution in [3.8, 4) is 11.5 Å². The van der Waals surface area contributed by atoms with Crippen molar-refractivity contribution in [3.63, 3.8) is 0 Å². The van der Waals surface area contributed by atoms with E-state index in [1.54, 1.807) is 0 Å². The number of rotatable bonds is 7. The summed E-state index contributed by atoms with van der Waals surface area (Å²) < 4.78 is 18.9. The summed E-state index contributed by atoms with van der Waals surface area (Å²) in [6.07, 6.45) is 8.21. The number of nitrogens with zero attached hydrogens (tertiary/aromatic N) is 5. The Morgan fingerprint density at radius 3 is 2.71 bits per heavy atom. The monoisotopic (exact) mass is 466 g/mol. The zero-order valence-electron chi connectivity index (χ0n) is 19.2. The summed E-state index contributed by atoms with van der Waals surface area (Å²) in [6, 6.07) is 6.05. The van der Waals surface area contributed by atoms with Crippen molar-refractivity contribution in [2.24, 2.45) is 0 Å². The van der Waals surface area contributed by atoms with Crippen LogP contribution in [0.15, 0.2) is 23.0 Å². The van der Waals surface area contributed by atoms with E-state index in [1.165, 1.54) is 19.3 Å². The number of tetrazole rings is 1. The van der Waals surface area contributed by atoms with Gasteiger partial charge in [0.2, 0.25) is 6.79 Å². The number of hydrogen-bond acceptors (Lipinski definition) is 8. The van der Waals surface area contributed by atoms with Crippen LogP contribution in [-0.2, 0) is 17.8 Å². The van der Waals surface area contributed by atoms with Gasteiger partial charge in [0.15, 0.2) is 17.3 Å². The first kappa shape index (κ1) is 21.5. The minimum absolute atomic E-state index is 0.101. The first-order valence-corrected chi connectivity index (χ1v) is 12.3. The van der Waals surface area contributed by atoms with E-state index in [-0.39, 0.29) is 18.5 Å². The van der Waals surface area contributed by atoms with Gasteiger partial charge in [-0.15, -0.1) is 5.10 Å². The van der Waals surface area contributed by atoms with Crippen LogP contribution in [0.3, 0.4) is 0 Å². The molecule has 0 spiro atoms. The summed E-state index contributed by atoms with van der Waals surface area (Å²) >= 11 is 0. The molecule has 1 aliphatic carbocycles. The van der Waals surface area contributed by atoms with Gasteiger partial charge in [-0.05, 0) is 48.2 Å². The van der Waals surface area contributed by atoms with Crippen molar-refractivity contribution in [1.82, 2.24) is 30.1 Å². The number of nitrogens with one attached hydrogen (secondary N) is 1. The third-order valence-electron chi connectivity index (χ3n) is 7.14. The molecule has 6 rings (SSSR count). The molecule has 10 nitrogen and oxygen atoms in total. The first-order chi connectivity index (χ1) is 16.7. The topological polar surface area (TPSA) is 107 Å². The van der Waals surface area contributed by atoms with Crippen LogP contribution < -0.4 is 15.0 Å². The van der Waals surface area contributed by atoms with Gasteiger partial charge in [0.05, 0.1) is 24.2 Å². The normalized spacial score (nSPS) is 20.6. The molecule has 0 amide bonds. The molecule has 34 heavy (non-hydrogen) atoms. The van der Waals surface area contributed by atoms with Gasteiger partial charge in [-0.1, -0.05) is 19.3 Å². The van der Waals surface area contributed by atoms with E-state index in [0.29, 0.717) is 36.2 Å². The molecule has 3 aliphatic rings. The summed E-state index contributed by atoms with van der Waals surface area (Å²) in [5.41, 5.74) is 1.33. The summed E-state index contributed by atoms with van der Waals surface area (Å²) in [7, 11) is 0. The average molecular weight is 467 g/mol. The van der Waals surface area contributed by atoms with Gasteiger partial charge < -0.3 is 19.2 Å². The molecule has 1 saturated carbocycles. The molecule has 10 heteroatoms. The van der Waals surface area contributed by atoms with Crippen LogP contribution in [0, 0.1) is 0 Å². The second-order valence-electron chi connectivity index (χ2n) is 9.55. The van der Waals surface area contributed by atoms with Gasteiger partial charge in [0.25, 0.3) is 5.56 Å². The standard InChI is InChI=1S/C24H30N6O4/c31-24-17(9-16-10-21-22(34-15-33-21)11-20(16)25-24)12-29(13-19-7-4-8-32-19)14-23-26-27-28-30(23)18-5-2-1-3-6-18/h9-11,18-19H,1-8,12-15H2,(H,25,31)/t19-/m1/s1. The molecule has 2 aliphatic heterocycles. The molecule has 1 aromatic carbocycles. The van der Waals surface area contributed by atoms with Gasteiger partial charge in [0, 0.05) is 36.7 Å². The molecule has 1 saturated heterocycles. The first-order valence-electron chi connectivity index (χ1n) is 12.3. The smallest absolute Gasteiger partial charge is 0.252 e. The Kier molecular flexibility index (Phi) is 5.92. The van der Waals surface area contributed by atoms with Crippen LogP contribution in [0.2, 0.25) is 0 Å². The van der Waals surface area contributed by atoms with Gasteiger partial charge >= 0.3 is 0 Å². The van der Waals surface area contributed by atoms with Crippen molar-refractivity contribution in [2.45, 2.75) is 70.2 Å². The predicted molar refractivity (Wildman–Crippen MR) is 124 cm³/mol. The fourth-order valence-electron chi connectivity index (χ4n) is 5.39. The number of aromatic nitrogens is 5. The average Bonchev–Trinajstić information content (AvgIpc) is 3.61. The van der Waals surface area contributed by atoms with Crippen LogP contribution in [0.1, 0.15) is 62.4 Å². The minimum atomic E-state index is -0.101. The molecule has 2 aromatic heterocycles. The van der Waals surface area contributed by atoms with E-state index in [0.717, 1.165) is 55.6 Å². The number of hydrogen-bond donors (Lipinski definition) is 1. The molecular formula is C24H30N6O4. The van der Waals surface area contributed by atoms with Gasteiger partial charge in [-0.2, -0.15) is 0 Å². The number of ether oxygens (including phenoxy) is 3. The Balaban J connectivity index is 1.27. The number of aromatic amines is 1. The lowest BCUT2D eigenvalue weighted by Gasteiger charge is -2.27. The Hall–Kier alpha value is -2.98. The van der Waals surface area contributed by atoms with Crippen LogP contribution in [0.25, 0.3) is 10.9 Å². The summed E-state index contributed by atoms with van der Waals surface area (Å²) in [5.74, 6) is 2.21. The second-order valence-corrected chi connectivity index (χ2v) is 9.55. The lowest BCUT2D eigenvalue weighted by atomic mass is 9.95. The number of H-pyrrole nitrogens is 1. The highest BCUT2D eigenvalue weighted by Gasteiger charge is 2.25. The summed E-state index contributed by atoms with van der Waals surface area (Å²) in [5, 5.41) is 13.6. The second kappa shape index (κ2) is 9.34. The zero-order chi connectivity index (χ0) is 22.9. The maximum Gasteiger partial charge on any atom is 0.252 e. The fraction of sp³-hybridized carbons (Fsp3) is 0.583. The fourth-order valence-corrected chi connectivity index (χ4v) is 5.39. The molecule has 0 bridgehead atoms. The van der Waals surface area contributed by atoms with Crippen LogP contribution in [-0.4, -0.2) is 56.1 Å². The summed E-state index contributed by atoms with van der Waals surface area (Å²) in [4.78, 5) is 18.2. The third-order valence-corrected chi connectivity index (χ3v) is 7.14. The lowest BCUT2D eigenvalue weighted by molar-refractivity contribution is 0.0659. The summed E-state index contributed by atoms with van der Waals surface area (Å²) in [6.45, 7) is 2.78. The van der Waals surface area contributed by atoms with Crippen LogP contribution in [0.5, 0.6) is 11.5 Å². The predicted octanol–water partition coefficient (Wildman–Crippen LogP) is 2.93. The third kappa shape index (κ3) is 4.39. The highest BCUT2D eigenvalue weighted by atomic mass is 16.7. The van der Waals surface area contributed by atoms with Crippen molar-refractivity contribution >= 4 is 10.9 Å². The number of fused-ring (bicyclic) bond motifs is 2. The maximum absolute atomic E-state index is 13.0. The van der Waals surface area contributed by atoms with Crippen LogP contribution >= 0.6 is 0 Å². The van der Waals surface area contributed by atoms with E-state index >= 15 is 0 Å². The minimum Gasteiger partial charge on any atom is -0.454 e. The van der Waals surface area contributed by atoms with Crippen molar-refractivity contribution in [3.05, 3.63) is 39.9 Å². The SMILES string of the molecule is O=c1[nH]c2cc3c(cc2cc1CN(Cc1nnnn1C1CCCCC1)C[C@H]1CCCO1)OCO3. The highest BCUT2D eigenvalue weighted by Crippen LogP contribution is 2.35. The van der Waals surface area contributed by atoms with Gasteiger partial charge in [0.1, 0.15) is 0 Å². The molecule has 1 atom stereocenters. The van der Waals surface area contributed by atoms with E-state index in [2.05, 4.69) is 25.4 Å². The number of benzene rings is 1. The molecule has 1 N–H and O–H groups in total. The van der Waals surface area contributed by atoms with Gasteiger partial charge in [-0.25, -0.2) is 4.68 Å². The van der Waals surface area contributed by atoms with Crippen molar-refractivity contribution in [1.29, 1.82) is 0 Å². The molecule has 0 unspecified atom stereocenters. The Morgan fingerprint density at radius 2 is 1.88 bits per heavy atom. The Bertz CT molecular complexity index is 1210. The largest absolute Gasteiger partial charge is 0.454 e. The maximum atomic E-state index is 13.0. The quantitative estimate of drug-likeness (QED) is 0.566. The van der Waals surface area contributed by atoms with E-state index in [9.17, 15) is 4.79 Å². The Labute approximate surface area is 197 Å².